The van der Waals surface area contributed by atoms with Gasteiger partial charge in [-0.2, -0.15) is 0 Å². The van der Waals surface area contributed by atoms with E-state index in [-0.39, 0.29) is 12.6 Å². The third-order valence-corrected chi connectivity index (χ3v) is 1.62. The molecule has 3 nitrogen and oxygen atoms in total. The molecule has 0 amide bonds. The normalized spacial score (nSPS) is 14.1. The molecule has 0 spiro atoms. The Balaban J connectivity index is 3.41. The maximum Gasteiger partial charge on any atom is 0.0595 e. The molecular weight excluding hydrogens is 128 g/mol. The topological polar surface area (TPSA) is 49.5 Å². The highest BCUT2D eigenvalue weighted by atomic mass is 16.3. The van der Waals surface area contributed by atoms with Gasteiger partial charge in [-0.15, -0.1) is 0 Å². The highest BCUT2D eigenvalue weighted by Crippen LogP contribution is 1.88. The molecule has 1 atom stereocenters. The van der Waals surface area contributed by atoms with Gasteiger partial charge in [0.1, 0.15) is 0 Å². The first-order valence-corrected chi connectivity index (χ1v) is 3.83. The Labute approximate surface area is 62.8 Å². The van der Waals surface area contributed by atoms with Crippen molar-refractivity contribution in [1.29, 1.82) is 0 Å². The molecule has 0 unspecified atom stereocenters. The van der Waals surface area contributed by atoms with E-state index in [2.05, 4.69) is 18.7 Å². The first-order valence-electron chi connectivity index (χ1n) is 3.83. The summed E-state index contributed by atoms with van der Waals surface area (Å²) in [5, 5.41) is 8.62. The smallest absolute Gasteiger partial charge is 0.0595 e. The van der Waals surface area contributed by atoms with Crippen molar-refractivity contribution in [3.63, 3.8) is 0 Å². The molecule has 0 aliphatic carbocycles. The first kappa shape index (κ1) is 9.88. The number of hydrogen-bond donors (Lipinski definition) is 2. The molecule has 0 heterocycles. The molecule has 62 valence electrons. The number of aliphatic hydroxyl groups excluding tert-OH is 1. The van der Waals surface area contributed by atoms with Crippen LogP contribution in [0.4, 0.5) is 0 Å². The van der Waals surface area contributed by atoms with E-state index in [9.17, 15) is 0 Å². The average molecular weight is 146 g/mol. The van der Waals surface area contributed by atoms with Crippen LogP contribution < -0.4 is 5.73 Å². The average Bonchev–Trinajstić information content (AvgIpc) is 1.99. The molecule has 10 heavy (non-hydrogen) atoms. The lowest BCUT2D eigenvalue weighted by Crippen LogP contribution is -2.39. The zero-order valence-corrected chi connectivity index (χ0v) is 6.88. The van der Waals surface area contributed by atoms with Crippen LogP contribution in [-0.2, 0) is 0 Å². The molecule has 0 saturated carbocycles. The summed E-state index contributed by atoms with van der Waals surface area (Å²) in [6.45, 7) is 7.07. The van der Waals surface area contributed by atoms with Gasteiger partial charge in [-0.3, -0.25) is 0 Å². The molecule has 3 N–H and O–H groups in total. The largest absolute Gasteiger partial charge is 0.395 e. The molecule has 0 rings (SSSR count). The van der Waals surface area contributed by atoms with Gasteiger partial charge in [0.25, 0.3) is 0 Å². The van der Waals surface area contributed by atoms with Crippen LogP contribution in [0, 0.1) is 0 Å². The molecular formula is C7H18N2O. The molecule has 0 fully saturated rings. The minimum absolute atomic E-state index is 0.0799. The van der Waals surface area contributed by atoms with Crippen LogP contribution in [0.5, 0.6) is 0 Å². The van der Waals surface area contributed by atoms with Crippen molar-refractivity contribution in [2.45, 2.75) is 19.9 Å². The Kier molecular flexibility index (Phi) is 5.58. The fraction of sp³-hybridized carbons (Fsp3) is 1.00. The van der Waals surface area contributed by atoms with Crippen molar-refractivity contribution in [2.75, 3.05) is 26.2 Å². The van der Waals surface area contributed by atoms with Gasteiger partial charge in [-0.05, 0) is 13.1 Å². The van der Waals surface area contributed by atoms with Gasteiger partial charge in [0.05, 0.1) is 6.61 Å². The van der Waals surface area contributed by atoms with Crippen molar-refractivity contribution < 1.29 is 5.11 Å². The van der Waals surface area contributed by atoms with Gasteiger partial charge < -0.3 is 15.7 Å². The first-order chi connectivity index (χ1) is 4.74. The fourth-order valence-electron chi connectivity index (χ4n) is 0.871. The standard InChI is InChI=1S/C7H18N2O/c1-3-9(4-2)5-7(8)6-10/h7,10H,3-6,8H2,1-2H3/t7-/m1/s1. The number of nitrogens with zero attached hydrogens (tertiary/aromatic N) is 1. The van der Waals surface area contributed by atoms with E-state index < -0.39 is 0 Å². The van der Waals surface area contributed by atoms with Crippen molar-refractivity contribution in [3.05, 3.63) is 0 Å². The van der Waals surface area contributed by atoms with Crippen LogP contribution in [0.25, 0.3) is 0 Å². The summed E-state index contributed by atoms with van der Waals surface area (Å²) in [5.74, 6) is 0. The second kappa shape index (κ2) is 5.65. The molecule has 0 bridgehead atoms. The van der Waals surface area contributed by atoms with Gasteiger partial charge in [-0.25, -0.2) is 0 Å². The summed E-state index contributed by atoms with van der Waals surface area (Å²) >= 11 is 0. The Morgan fingerprint density at radius 1 is 1.40 bits per heavy atom. The zero-order valence-electron chi connectivity index (χ0n) is 6.88. The maximum absolute atomic E-state index is 8.62. The predicted molar refractivity (Wildman–Crippen MR) is 42.8 cm³/mol. The number of nitrogens with two attached hydrogens (primary N) is 1. The van der Waals surface area contributed by atoms with Gasteiger partial charge in [0, 0.05) is 12.6 Å². The van der Waals surface area contributed by atoms with Crippen LogP contribution in [0.15, 0.2) is 0 Å². The molecule has 0 saturated heterocycles. The van der Waals surface area contributed by atoms with Crippen LogP contribution in [0.2, 0.25) is 0 Å². The second-order valence-corrected chi connectivity index (χ2v) is 2.43. The van der Waals surface area contributed by atoms with Gasteiger partial charge in [0.15, 0.2) is 0 Å². The molecule has 0 radical (unpaired) electrons. The van der Waals surface area contributed by atoms with E-state index in [0.717, 1.165) is 19.6 Å². The molecule has 3 heteroatoms. The summed E-state index contributed by atoms with van der Waals surface area (Å²) in [4.78, 5) is 2.20. The Hall–Kier alpha value is -0.120. The summed E-state index contributed by atoms with van der Waals surface area (Å²) in [5.41, 5.74) is 5.53. The van der Waals surface area contributed by atoms with E-state index in [1.54, 1.807) is 0 Å². The third kappa shape index (κ3) is 3.82. The Morgan fingerprint density at radius 2 is 1.90 bits per heavy atom. The predicted octanol–water partition coefficient (Wildman–Crippen LogP) is -0.352. The number of rotatable bonds is 5. The quantitative estimate of drug-likeness (QED) is 0.557. The zero-order chi connectivity index (χ0) is 7.98. The minimum atomic E-state index is -0.0834. The minimum Gasteiger partial charge on any atom is -0.395 e. The summed E-state index contributed by atoms with van der Waals surface area (Å²) in [6, 6.07) is -0.0834. The van der Waals surface area contributed by atoms with Crippen molar-refractivity contribution in [1.82, 2.24) is 4.90 Å². The highest BCUT2D eigenvalue weighted by Gasteiger charge is 2.04. The van der Waals surface area contributed by atoms with Crippen molar-refractivity contribution >= 4 is 0 Å². The van der Waals surface area contributed by atoms with Gasteiger partial charge in [-0.1, -0.05) is 13.8 Å². The van der Waals surface area contributed by atoms with E-state index in [0.29, 0.717) is 0 Å². The highest BCUT2D eigenvalue weighted by molar-refractivity contribution is 4.64. The molecule has 0 aliphatic heterocycles. The van der Waals surface area contributed by atoms with E-state index >= 15 is 0 Å². The lowest BCUT2D eigenvalue weighted by molar-refractivity contribution is 0.211. The van der Waals surface area contributed by atoms with Gasteiger partial charge in [0.2, 0.25) is 0 Å². The van der Waals surface area contributed by atoms with Crippen molar-refractivity contribution in [2.24, 2.45) is 5.73 Å². The van der Waals surface area contributed by atoms with Crippen molar-refractivity contribution in [3.8, 4) is 0 Å². The summed E-state index contributed by atoms with van der Waals surface area (Å²) in [7, 11) is 0. The van der Waals surface area contributed by atoms with Crippen LogP contribution in [-0.4, -0.2) is 42.3 Å². The second-order valence-electron chi connectivity index (χ2n) is 2.43. The SMILES string of the molecule is CCN(CC)C[C@@H](N)CO. The maximum atomic E-state index is 8.62. The molecule has 0 aromatic carbocycles. The van der Waals surface area contributed by atoms with Crippen LogP contribution in [0.1, 0.15) is 13.8 Å². The summed E-state index contributed by atoms with van der Waals surface area (Å²) < 4.78 is 0. The lowest BCUT2D eigenvalue weighted by Gasteiger charge is -2.20. The number of hydrogen-bond acceptors (Lipinski definition) is 3. The van der Waals surface area contributed by atoms with Gasteiger partial charge >= 0.3 is 0 Å². The van der Waals surface area contributed by atoms with Crippen LogP contribution >= 0.6 is 0 Å². The molecule has 0 aliphatic rings. The van der Waals surface area contributed by atoms with Crippen LogP contribution in [0.3, 0.4) is 0 Å². The van der Waals surface area contributed by atoms with E-state index in [1.165, 1.54) is 0 Å². The molecule has 0 aromatic rings. The number of likely N-dealkylation sites (N-methyl/N-ethyl adjacent to an activating group) is 1. The monoisotopic (exact) mass is 146 g/mol. The Morgan fingerprint density at radius 3 is 2.20 bits per heavy atom. The fourth-order valence-corrected chi connectivity index (χ4v) is 0.871. The van der Waals surface area contributed by atoms with E-state index in [1.807, 2.05) is 0 Å². The lowest BCUT2D eigenvalue weighted by atomic mass is 10.3. The summed E-state index contributed by atoms with van der Waals surface area (Å²) in [6.07, 6.45) is 0. The Bertz CT molecular complexity index is 74.0. The third-order valence-electron chi connectivity index (χ3n) is 1.62. The molecule has 0 aromatic heterocycles. The number of aliphatic hydroxyl groups is 1. The van der Waals surface area contributed by atoms with E-state index in [4.69, 9.17) is 10.8 Å².